The average Bonchev–Trinajstić information content (AvgIpc) is 2.85. The highest BCUT2D eigenvalue weighted by Gasteiger charge is 2.26. The predicted octanol–water partition coefficient (Wildman–Crippen LogP) is 1.18. The van der Waals surface area contributed by atoms with Crippen molar-refractivity contribution in [1.82, 2.24) is 9.62 Å². The first-order valence-electron chi connectivity index (χ1n) is 10.8. The van der Waals surface area contributed by atoms with E-state index in [1.54, 1.807) is 19.1 Å². The molecule has 182 valence electrons. The van der Waals surface area contributed by atoms with Gasteiger partial charge in [-0.25, -0.2) is 13.2 Å². The number of benzene rings is 2. The Hall–Kier alpha value is -3.28. The molecule has 1 heterocycles. The standard InChI is InChI=1S/C23H27N3O7S/c1-2-33-23(29)18-5-7-19(8-6-18)25-22(28)21(27)24-12-11-17-3-9-20(10-4-17)34(30,31)26-13-15-32-16-14-26/h3-10H,2,11-16H2,1H3,(H,24,27)(H,25,28). The van der Waals surface area contributed by atoms with Crippen LogP contribution in [0.15, 0.2) is 53.4 Å². The van der Waals surface area contributed by atoms with Crippen molar-refractivity contribution in [3.05, 3.63) is 59.7 Å². The van der Waals surface area contributed by atoms with Crippen LogP contribution >= 0.6 is 0 Å². The van der Waals surface area contributed by atoms with Gasteiger partial charge >= 0.3 is 17.8 Å². The quantitative estimate of drug-likeness (QED) is 0.421. The highest BCUT2D eigenvalue weighted by Crippen LogP contribution is 2.18. The molecule has 0 unspecified atom stereocenters. The summed E-state index contributed by atoms with van der Waals surface area (Å²) in [5, 5.41) is 4.99. The van der Waals surface area contributed by atoms with Crippen molar-refractivity contribution in [3.8, 4) is 0 Å². The molecular weight excluding hydrogens is 462 g/mol. The van der Waals surface area contributed by atoms with E-state index in [0.29, 0.717) is 44.0 Å². The molecule has 11 heteroatoms. The summed E-state index contributed by atoms with van der Waals surface area (Å²) in [6, 6.07) is 12.4. The van der Waals surface area contributed by atoms with E-state index in [1.165, 1.54) is 40.7 Å². The lowest BCUT2D eigenvalue weighted by Crippen LogP contribution is -2.40. The minimum Gasteiger partial charge on any atom is -0.462 e. The number of rotatable bonds is 8. The molecule has 3 rings (SSSR count). The Morgan fingerprint density at radius 1 is 0.971 bits per heavy atom. The molecule has 0 atom stereocenters. The second-order valence-corrected chi connectivity index (χ2v) is 9.36. The van der Waals surface area contributed by atoms with E-state index < -0.39 is 27.8 Å². The summed E-state index contributed by atoms with van der Waals surface area (Å²) in [5.41, 5.74) is 1.52. The fourth-order valence-electron chi connectivity index (χ4n) is 3.26. The predicted molar refractivity (Wildman–Crippen MR) is 124 cm³/mol. The van der Waals surface area contributed by atoms with Gasteiger partial charge in [-0.05, 0) is 55.3 Å². The van der Waals surface area contributed by atoms with Gasteiger partial charge < -0.3 is 20.1 Å². The Bertz CT molecular complexity index is 1110. The van der Waals surface area contributed by atoms with Gasteiger partial charge in [0.05, 0.1) is 30.3 Å². The molecular formula is C23H27N3O7S. The molecule has 1 saturated heterocycles. The normalized spacial score (nSPS) is 14.3. The van der Waals surface area contributed by atoms with Crippen LogP contribution in [0.2, 0.25) is 0 Å². The number of esters is 1. The molecule has 0 aliphatic carbocycles. The number of amides is 2. The summed E-state index contributed by atoms with van der Waals surface area (Å²) in [5.74, 6) is -2.11. The van der Waals surface area contributed by atoms with Crippen LogP contribution in [0.4, 0.5) is 5.69 Å². The highest BCUT2D eigenvalue weighted by molar-refractivity contribution is 7.89. The Morgan fingerprint density at radius 3 is 2.24 bits per heavy atom. The second-order valence-electron chi connectivity index (χ2n) is 7.42. The van der Waals surface area contributed by atoms with Gasteiger partial charge in [-0.3, -0.25) is 9.59 Å². The number of sulfonamides is 1. The van der Waals surface area contributed by atoms with Crippen molar-refractivity contribution in [2.75, 3.05) is 44.8 Å². The monoisotopic (exact) mass is 489 g/mol. The fourth-order valence-corrected chi connectivity index (χ4v) is 4.66. The lowest BCUT2D eigenvalue weighted by molar-refractivity contribution is -0.136. The van der Waals surface area contributed by atoms with E-state index in [2.05, 4.69) is 10.6 Å². The molecule has 0 saturated carbocycles. The number of morpholine rings is 1. The number of nitrogens with zero attached hydrogens (tertiary/aromatic N) is 1. The first-order chi connectivity index (χ1) is 16.3. The summed E-state index contributed by atoms with van der Waals surface area (Å²) in [4.78, 5) is 36.0. The van der Waals surface area contributed by atoms with Crippen LogP contribution in [-0.2, 0) is 35.5 Å². The van der Waals surface area contributed by atoms with Crippen molar-refractivity contribution in [1.29, 1.82) is 0 Å². The molecule has 1 aliphatic rings. The lowest BCUT2D eigenvalue weighted by atomic mass is 10.1. The molecule has 2 amide bonds. The van der Waals surface area contributed by atoms with Crippen LogP contribution in [0.5, 0.6) is 0 Å². The van der Waals surface area contributed by atoms with Gasteiger partial charge in [-0.15, -0.1) is 0 Å². The Morgan fingerprint density at radius 2 is 1.62 bits per heavy atom. The summed E-state index contributed by atoms with van der Waals surface area (Å²) in [6.07, 6.45) is 0.422. The third-order valence-corrected chi connectivity index (χ3v) is 7.00. The van der Waals surface area contributed by atoms with Gasteiger partial charge in [0, 0.05) is 25.3 Å². The molecule has 0 spiro atoms. The number of nitrogens with one attached hydrogen (secondary N) is 2. The zero-order chi connectivity index (χ0) is 24.6. The maximum absolute atomic E-state index is 12.7. The van der Waals surface area contributed by atoms with Crippen molar-refractivity contribution in [2.24, 2.45) is 0 Å². The summed E-state index contributed by atoms with van der Waals surface area (Å²) in [6.45, 7) is 3.57. The molecule has 0 aromatic heterocycles. The molecule has 1 aliphatic heterocycles. The smallest absolute Gasteiger partial charge is 0.338 e. The first kappa shape index (κ1) is 25.3. The topological polar surface area (TPSA) is 131 Å². The summed E-state index contributed by atoms with van der Waals surface area (Å²) < 4.78 is 36.8. The van der Waals surface area contributed by atoms with Crippen molar-refractivity contribution >= 4 is 33.5 Å². The molecule has 34 heavy (non-hydrogen) atoms. The van der Waals surface area contributed by atoms with E-state index in [4.69, 9.17) is 9.47 Å². The Balaban J connectivity index is 1.46. The third-order valence-electron chi connectivity index (χ3n) is 5.09. The number of carbonyl (C=O) groups excluding carboxylic acids is 3. The van der Waals surface area contributed by atoms with Crippen LogP contribution in [0, 0.1) is 0 Å². The number of carbonyl (C=O) groups is 3. The SMILES string of the molecule is CCOC(=O)c1ccc(NC(=O)C(=O)NCCc2ccc(S(=O)(=O)N3CCOCC3)cc2)cc1. The zero-order valence-electron chi connectivity index (χ0n) is 18.8. The fraction of sp³-hybridized carbons (Fsp3) is 0.348. The molecule has 2 N–H and O–H groups in total. The molecule has 2 aromatic rings. The van der Waals surface area contributed by atoms with Crippen LogP contribution < -0.4 is 10.6 Å². The number of hydrogen-bond donors (Lipinski definition) is 2. The maximum atomic E-state index is 12.7. The van der Waals surface area contributed by atoms with Crippen LogP contribution in [0.3, 0.4) is 0 Å². The average molecular weight is 490 g/mol. The Kier molecular flexibility index (Phi) is 8.74. The first-order valence-corrected chi connectivity index (χ1v) is 12.3. The maximum Gasteiger partial charge on any atom is 0.338 e. The van der Waals surface area contributed by atoms with E-state index >= 15 is 0 Å². The van der Waals surface area contributed by atoms with E-state index in [1.807, 2.05) is 0 Å². The number of hydrogen-bond acceptors (Lipinski definition) is 7. The van der Waals surface area contributed by atoms with Crippen LogP contribution in [0.25, 0.3) is 0 Å². The van der Waals surface area contributed by atoms with E-state index in [0.717, 1.165) is 5.56 Å². The third kappa shape index (κ3) is 6.62. The molecule has 1 fully saturated rings. The van der Waals surface area contributed by atoms with Crippen LogP contribution in [-0.4, -0.2) is 70.0 Å². The van der Waals surface area contributed by atoms with Crippen LogP contribution in [0.1, 0.15) is 22.8 Å². The zero-order valence-corrected chi connectivity index (χ0v) is 19.6. The van der Waals surface area contributed by atoms with Gasteiger partial charge in [0.1, 0.15) is 0 Å². The number of anilines is 1. The highest BCUT2D eigenvalue weighted by atomic mass is 32.2. The largest absolute Gasteiger partial charge is 0.462 e. The van der Waals surface area contributed by atoms with Gasteiger partial charge in [-0.1, -0.05) is 12.1 Å². The molecule has 0 bridgehead atoms. The lowest BCUT2D eigenvalue weighted by Gasteiger charge is -2.26. The van der Waals surface area contributed by atoms with E-state index in [9.17, 15) is 22.8 Å². The summed E-state index contributed by atoms with van der Waals surface area (Å²) in [7, 11) is -3.56. The van der Waals surface area contributed by atoms with Crippen molar-refractivity contribution in [3.63, 3.8) is 0 Å². The molecule has 0 radical (unpaired) electrons. The van der Waals surface area contributed by atoms with Gasteiger partial charge in [0.15, 0.2) is 0 Å². The van der Waals surface area contributed by atoms with Crippen molar-refractivity contribution < 1.29 is 32.3 Å². The van der Waals surface area contributed by atoms with E-state index in [-0.39, 0.29) is 18.0 Å². The number of ether oxygens (including phenoxy) is 2. The second kappa shape index (κ2) is 11.7. The Labute approximate surface area is 198 Å². The van der Waals surface area contributed by atoms with Crippen molar-refractivity contribution in [2.45, 2.75) is 18.2 Å². The molecule has 10 nitrogen and oxygen atoms in total. The summed E-state index contributed by atoms with van der Waals surface area (Å²) >= 11 is 0. The minimum absolute atomic E-state index is 0.198. The van der Waals surface area contributed by atoms with Gasteiger partial charge in [0.2, 0.25) is 10.0 Å². The minimum atomic E-state index is -3.56. The molecule has 2 aromatic carbocycles. The van der Waals surface area contributed by atoms with Gasteiger partial charge in [-0.2, -0.15) is 4.31 Å². The van der Waals surface area contributed by atoms with Gasteiger partial charge in [0.25, 0.3) is 0 Å².